The van der Waals surface area contributed by atoms with Crippen LogP contribution in [-0.2, 0) is 11.3 Å². The number of aromatic nitrogens is 3. The molecule has 1 aromatic rings. The molecule has 1 aromatic heterocycles. The zero-order valence-corrected chi connectivity index (χ0v) is 9.46. The van der Waals surface area contributed by atoms with E-state index in [1.165, 1.54) is 6.20 Å². The van der Waals surface area contributed by atoms with E-state index < -0.39 is 5.97 Å². The fourth-order valence-corrected chi connectivity index (χ4v) is 1.62. The fourth-order valence-electron chi connectivity index (χ4n) is 1.62. The van der Waals surface area contributed by atoms with Crippen LogP contribution in [-0.4, -0.2) is 38.5 Å². The van der Waals surface area contributed by atoms with E-state index in [9.17, 15) is 9.59 Å². The van der Waals surface area contributed by atoms with Crippen LogP contribution in [0.3, 0.4) is 0 Å². The smallest absolute Gasteiger partial charge is 0.325 e. The summed E-state index contributed by atoms with van der Waals surface area (Å²) in [5, 5.41) is 18.5. The maximum Gasteiger partial charge on any atom is 0.325 e. The van der Waals surface area contributed by atoms with Gasteiger partial charge < -0.3 is 10.4 Å². The quantitative estimate of drug-likeness (QED) is 0.737. The minimum atomic E-state index is -1.02. The van der Waals surface area contributed by atoms with Gasteiger partial charge in [0.25, 0.3) is 5.91 Å². The molecule has 2 unspecified atom stereocenters. The molecule has 1 aliphatic rings. The maximum absolute atomic E-state index is 11.6. The molecule has 1 amide bonds. The lowest BCUT2D eigenvalue weighted by molar-refractivity contribution is -0.137. The molecule has 17 heavy (non-hydrogen) atoms. The molecule has 7 nitrogen and oxygen atoms in total. The number of carboxylic acids is 1. The number of carbonyl (C=O) groups excluding carboxylic acids is 1. The Morgan fingerprint density at radius 2 is 2.35 bits per heavy atom. The van der Waals surface area contributed by atoms with Gasteiger partial charge in [0, 0.05) is 6.54 Å². The summed E-state index contributed by atoms with van der Waals surface area (Å²) < 4.78 is 1.12. The van der Waals surface area contributed by atoms with Crippen molar-refractivity contribution >= 4 is 11.9 Å². The van der Waals surface area contributed by atoms with E-state index >= 15 is 0 Å². The standard InChI is InChI=1S/C10H14N4O3/c1-6-2-7(6)3-11-10(17)8-4-14(13-12-8)5-9(15)16/h4,6-7H,2-3,5H2,1H3,(H,11,17)(H,15,16). The second-order valence-electron chi connectivity index (χ2n) is 4.38. The Morgan fingerprint density at radius 1 is 1.65 bits per heavy atom. The van der Waals surface area contributed by atoms with E-state index in [1.807, 2.05) is 0 Å². The first-order chi connectivity index (χ1) is 8.06. The number of hydrogen-bond acceptors (Lipinski definition) is 4. The van der Waals surface area contributed by atoms with Crippen LogP contribution in [0.2, 0.25) is 0 Å². The highest BCUT2D eigenvalue weighted by atomic mass is 16.4. The van der Waals surface area contributed by atoms with Crippen molar-refractivity contribution in [2.75, 3.05) is 6.54 Å². The zero-order chi connectivity index (χ0) is 12.4. The average Bonchev–Trinajstić information content (AvgIpc) is 2.75. The van der Waals surface area contributed by atoms with Gasteiger partial charge in [0.1, 0.15) is 6.54 Å². The van der Waals surface area contributed by atoms with Crippen LogP contribution < -0.4 is 5.32 Å². The number of carbonyl (C=O) groups is 2. The van der Waals surface area contributed by atoms with Gasteiger partial charge in [-0.3, -0.25) is 9.59 Å². The molecular weight excluding hydrogens is 224 g/mol. The molecule has 0 aliphatic heterocycles. The summed E-state index contributed by atoms with van der Waals surface area (Å²) in [5.74, 6) is -0.0830. The number of hydrogen-bond donors (Lipinski definition) is 2. The zero-order valence-electron chi connectivity index (χ0n) is 9.46. The maximum atomic E-state index is 11.6. The Bertz CT molecular complexity index is 443. The number of aliphatic carboxylic acids is 1. The number of rotatable bonds is 5. The normalized spacial score (nSPS) is 22.2. The van der Waals surface area contributed by atoms with E-state index in [-0.39, 0.29) is 18.1 Å². The van der Waals surface area contributed by atoms with Crippen molar-refractivity contribution in [3.63, 3.8) is 0 Å². The molecule has 0 aromatic carbocycles. The van der Waals surface area contributed by atoms with Crippen LogP contribution in [0.1, 0.15) is 23.8 Å². The topological polar surface area (TPSA) is 97.1 Å². The van der Waals surface area contributed by atoms with Crippen LogP contribution >= 0.6 is 0 Å². The molecule has 2 N–H and O–H groups in total. The van der Waals surface area contributed by atoms with Crippen molar-refractivity contribution in [2.24, 2.45) is 11.8 Å². The highest BCUT2D eigenvalue weighted by Crippen LogP contribution is 2.36. The number of carboxylic acid groups (broad SMARTS) is 1. The summed E-state index contributed by atoms with van der Waals surface area (Å²) in [5.41, 5.74) is 0.152. The van der Waals surface area contributed by atoms with Gasteiger partial charge in [0.2, 0.25) is 0 Å². The van der Waals surface area contributed by atoms with Crippen LogP contribution in [0, 0.1) is 11.8 Å². The molecule has 1 heterocycles. The van der Waals surface area contributed by atoms with E-state index in [2.05, 4.69) is 22.6 Å². The Hall–Kier alpha value is -1.92. The van der Waals surface area contributed by atoms with Crippen molar-refractivity contribution in [3.8, 4) is 0 Å². The van der Waals surface area contributed by atoms with Crippen LogP contribution in [0.15, 0.2) is 6.20 Å². The molecular formula is C10H14N4O3. The first-order valence-electron chi connectivity index (χ1n) is 5.46. The number of nitrogens with one attached hydrogen (secondary N) is 1. The first-order valence-corrected chi connectivity index (χ1v) is 5.46. The molecule has 2 rings (SSSR count). The molecule has 0 saturated heterocycles. The summed E-state index contributed by atoms with van der Waals surface area (Å²) in [4.78, 5) is 22.0. The van der Waals surface area contributed by atoms with Crippen molar-refractivity contribution in [2.45, 2.75) is 19.9 Å². The van der Waals surface area contributed by atoms with Crippen molar-refractivity contribution in [3.05, 3.63) is 11.9 Å². The predicted octanol–water partition coefficient (Wildman–Crippen LogP) is -0.251. The highest BCUT2D eigenvalue weighted by Gasteiger charge is 2.32. The lowest BCUT2D eigenvalue weighted by Crippen LogP contribution is -2.26. The lowest BCUT2D eigenvalue weighted by Gasteiger charge is -2.00. The van der Waals surface area contributed by atoms with Crippen molar-refractivity contribution in [1.82, 2.24) is 20.3 Å². The molecule has 1 saturated carbocycles. The SMILES string of the molecule is CC1CC1CNC(=O)c1cn(CC(=O)O)nn1. The lowest BCUT2D eigenvalue weighted by atomic mass is 10.3. The molecule has 7 heteroatoms. The van der Waals surface area contributed by atoms with Crippen molar-refractivity contribution < 1.29 is 14.7 Å². The first kappa shape index (κ1) is 11.6. The number of amides is 1. The Labute approximate surface area is 97.8 Å². The molecule has 2 atom stereocenters. The van der Waals surface area contributed by atoms with Gasteiger partial charge in [0.15, 0.2) is 5.69 Å². The van der Waals surface area contributed by atoms with E-state index in [1.54, 1.807) is 0 Å². The molecule has 92 valence electrons. The van der Waals surface area contributed by atoms with Gasteiger partial charge in [-0.25, -0.2) is 4.68 Å². The number of nitrogens with zero attached hydrogens (tertiary/aromatic N) is 3. The van der Waals surface area contributed by atoms with E-state index in [4.69, 9.17) is 5.11 Å². The van der Waals surface area contributed by atoms with Crippen LogP contribution in [0.4, 0.5) is 0 Å². The molecule has 1 fully saturated rings. The fraction of sp³-hybridized carbons (Fsp3) is 0.600. The second-order valence-corrected chi connectivity index (χ2v) is 4.38. The molecule has 0 spiro atoms. The minimum Gasteiger partial charge on any atom is -0.480 e. The van der Waals surface area contributed by atoms with E-state index in [0.29, 0.717) is 18.4 Å². The van der Waals surface area contributed by atoms with E-state index in [0.717, 1.165) is 11.1 Å². The second kappa shape index (κ2) is 4.52. The van der Waals surface area contributed by atoms with Gasteiger partial charge in [-0.15, -0.1) is 5.10 Å². The molecule has 0 bridgehead atoms. The average molecular weight is 238 g/mol. The summed E-state index contributed by atoms with van der Waals surface area (Å²) in [6, 6.07) is 0. The largest absolute Gasteiger partial charge is 0.480 e. The summed E-state index contributed by atoms with van der Waals surface area (Å²) >= 11 is 0. The minimum absolute atomic E-state index is 0.152. The molecule has 1 aliphatic carbocycles. The van der Waals surface area contributed by atoms with Crippen molar-refractivity contribution in [1.29, 1.82) is 0 Å². The van der Waals surface area contributed by atoms with Gasteiger partial charge in [-0.2, -0.15) is 0 Å². The van der Waals surface area contributed by atoms with Gasteiger partial charge in [0.05, 0.1) is 6.20 Å². The Balaban J connectivity index is 1.85. The Morgan fingerprint density at radius 3 is 2.94 bits per heavy atom. The summed E-state index contributed by atoms with van der Waals surface area (Å²) in [6.45, 7) is 2.49. The van der Waals surface area contributed by atoms with Crippen LogP contribution in [0.5, 0.6) is 0 Å². The third kappa shape index (κ3) is 3.02. The monoisotopic (exact) mass is 238 g/mol. The Kier molecular flexibility index (Phi) is 3.08. The molecule has 0 radical (unpaired) electrons. The van der Waals surface area contributed by atoms with Crippen LogP contribution in [0.25, 0.3) is 0 Å². The van der Waals surface area contributed by atoms with Gasteiger partial charge in [-0.1, -0.05) is 12.1 Å². The third-order valence-corrected chi connectivity index (χ3v) is 2.87. The predicted molar refractivity (Wildman–Crippen MR) is 57.3 cm³/mol. The highest BCUT2D eigenvalue weighted by molar-refractivity contribution is 5.91. The van der Waals surface area contributed by atoms with Gasteiger partial charge in [-0.05, 0) is 18.3 Å². The summed E-state index contributed by atoms with van der Waals surface area (Å²) in [7, 11) is 0. The van der Waals surface area contributed by atoms with Gasteiger partial charge >= 0.3 is 5.97 Å². The third-order valence-electron chi connectivity index (χ3n) is 2.87. The summed E-state index contributed by atoms with van der Waals surface area (Å²) in [6.07, 6.45) is 2.48.